The van der Waals surface area contributed by atoms with Crippen molar-refractivity contribution in [2.75, 3.05) is 27.2 Å². The molecule has 0 radical (unpaired) electrons. The van der Waals surface area contributed by atoms with E-state index in [0.717, 1.165) is 10.3 Å². The van der Waals surface area contributed by atoms with Gasteiger partial charge in [-0.1, -0.05) is 18.2 Å². The number of benzene rings is 1. The number of hydrogen-bond acceptors (Lipinski definition) is 4. The molecule has 0 spiro atoms. The van der Waals surface area contributed by atoms with E-state index in [2.05, 4.69) is 27.8 Å². The van der Waals surface area contributed by atoms with Gasteiger partial charge in [-0.15, -0.1) is 35.3 Å². The van der Waals surface area contributed by atoms with Gasteiger partial charge in [0.1, 0.15) is 6.10 Å². The molecule has 0 fully saturated rings. The van der Waals surface area contributed by atoms with Crippen molar-refractivity contribution in [3.05, 3.63) is 35.2 Å². The number of fused-ring (bicyclic) bond motifs is 1. The summed E-state index contributed by atoms with van der Waals surface area (Å²) in [6, 6.07) is 10.2. The molecule has 1 aromatic carbocycles. The van der Waals surface area contributed by atoms with Gasteiger partial charge in [0, 0.05) is 36.8 Å². The fraction of sp³-hybridized carbons (Fsp3) is 0.471. The predicted octanol–water partition coefficient (Wildman–Crippen LogP) is 3.14. The monoisotopic (exact) mass is 463 g/mol. The smallest absolute Gasteiger partial charge is 0.191 e. The first kappa shape index (κ1) is 21.1. The van der Waals surface area contributed by atoms with Crippen LogP contribution in [0.5, 0.6) is 0 Å². The van der Waals surface area contributed by atoms with Crippen molar-refractivity contribution < 1.29 is 9.84 Å². The molecule has 7 heteroatoms. The first-order chi connectivity index (χ1) is 10.9. The van der Waals surface area contributed by atoms with E-state index in [9.17, 15) is 5.11 Å². The van der Waals surface area contributed by atoms with E-state index in [0.29, 0.717) is 19.0 Å². The van der Waals surface area contributed by atoms with Crippen LogP contribution in [0.1, 0.15) is 24.8 Å². The van der Waals surface area contributed by atoms with Gasteiger partial charge in [-0.05, 0) is 31.4 Å². The van der Waals surface area contributed by atoms with E-state index in [4.69, 9.17) is 4.74 Å². The zero-order valence-electron chi connectivity index (χ0n) is 14.5. The molecule has 0 aliphatic heterocycles. The molecule has 0 saturated carbocycles. The van der Waals surface area contributed by atoms with Crippen molar-refractivity contribution in [3.63, 3.8) is 0 Å². The molecular formula is C17H26IN3O2S. The summed E-state index contributed by atoms with van der Waals surface area (Å²) in [6.45, 7) is 5.03. The zero-order chi connectivity index (χ0) is 16.9. The number of aliphatic hydroxyl groups is 1. The Morgan fingerprint density at radius 3 is 2.67 bits per heavy atom. The van der Waals surface area contributed by atoms with E-state index in [1.807, 2.05) is 32.0 Å². The van der Waals surface area contributed by atoms with Crippen molar-refractivity contribution in [2.24, 2.45) is 4.99 Å². The second kappa shape index (κ2) is 9.55. The molecule has 0 saturated heterocycles. The molecule has 1 aromatic heterocycles. The Kier molecular flexibility index (Phi) is 8.41. The summed E-state index contributed by atoms with van der Waals surface area (Å²) in [5.41, 5.74) is -0.276. The van der Waals surface area contributed by atoms with Crippen LogP contribution in [0, 0.1) is 0 Å². The molecule has 5 nitrogen and oxygen atoms in total. The van der Waals surface area contributed by atoms with Gasteiger partial charge in [-0.2, -0.15) is 0 Å². The number of aliphatic imine (C=N–C) groups is 1. The van der Waals surface area contributed by atoms with E-state index in [1.54, 1.807) is 25.5 Å². The van der Waals surface area contributed by atoms with Gasteiger partial charge in [0.15, 0.2) is 5.96 Å². The molecule has 24 heavy (non-hydrogen) atoms. The Bertz CT molecular complexity index is 640. The maximum atomic E-state index is 10.4. The lowest BCUT2D eigenvalue weighted by Crippen LogP contribution is -2.46. The third kappa shape index (κ3) is 5.87. The number of halogens is 1. The SMILES string of the molecule is CN=C(NCC(O)c1cc2ccccc2s1)NCC(C)(C)OC.I. The largest absolute Gasteiger partial charge is 0.386 e. The maximum Gasteiger partial charge on any atom is 0.191 e. The molecule has 134 valence electrons. The molecule has 0 amide bonds. The normalized spacial score (nSPS) is 13.5. The summed E-state index contributed by atoms with van der Waals surface area (Å²) in [4.78, 5) is 5.12. The van der Waals surface area contributed by atoms with Crippen LogP contribution in [-0.2, 0) is 4.74 Å². The van der Waals surface area contributed by atoms with E-state index in [-0.39, 0.29) is 29.6 Å². The number of hydrogen-bond donors (Lipinski definition) is 3. The summed E-state index contributed by atoms with van der Waals surface area (Å²) in [6.07, 6.45) is -0.568. The van der Waals surface area contributed by atoms with Gasteiger partial charge >= 0.3 is 0 Å². The highest BCUT2D eigenvalue weighted by Crippen LogP contribution is 2.29. The summed E-state index contributed by atoms with van der Waals surface area (Å²) in [5, 5.41) is 17.9. The van der Waals surface area contributed by atoms with Crippen LogP contribution >= 0.6 is 35.3 Å². The summed E-state index contributed by atoms with van der Waals surface area (Å²) < 4.78 is 6.55. The molecule has 0 aliphatic carbocycles. The fourth-order valence-electron chi connectivity index (χ4n) is 2.05. The summed E-state index contributed by atoms with van der Waals surface area (Å²) in [7, 11) is 3.39. The Labute approximate surface area is 164 Å². The molecule has 1 heterocycles. The van der Waals surface area contributed by atoms with Crippen LogP contribution in [0.15, 0.2) is 35.3 Å². The van der Waals surface area contributed by atoms with Gasteiger partial charge in [0.25, 0.3) is 0 Å². The Hall–Kier alpha value is -0.900. The number of nitrogens with one attached hydrogen (secondary N) is 2. The molecule has 0 bridgehead atoms. The standard InChI is InChI=1S/C17H25N3O2S.HI/c1-17(2,22-4)11-20-16(18-3)19-10-13(21)15-9-12-7-5-6-8-14(12)23-15;/h5-9,13,21H,10-11H2,1-4H3,(H2,18,19,20);1H. The molecule has 2 rings (SSSR count). The Morgan fingerprint density at radius 1 is 1.33 bits per heavy atom. The van der Waals surface area contributed by atoms with Gasteiger partial charge < -0.3 is 20.5 Å². The van der Waals surface area contributed by atoms with E-state index >= 15 is 0 Å². The maximum absolute atomic E-state index is 10.4. The average molecular weight is 463 g/mol. The van der Waals surface area contributed by atoms with E-state index in [1.165, 1.54) is 4.70 Å². The van der Waals surface area contributed by atoms with Crippen molar-refractivity contribution in [1.29, 1.82) is 0 Å². The number of thiophene rings is 1. The van der Waals surface area contributed by atoms with Gasteiger partial charge in [0.2, 0.25) is 0 Å². The van der Waals surface area contributed by atoms with Crippen LogP contribution in [0.25, 0.3) is 10.1 Å². The van der Waals surface area contributed by atoms with Crippen molar-refractivity contribution >= 4 is 51.4 Å². The third-order valence-electron chi connectivity index (χ3n) is 3.69. The fourth-order valence-corrected chi connectivity index (χ4v) is 3.10. The average Bonchev–Trinajstić information content (AvgIpc) is 2.99. The van der Waals surface area contributed by atoms with E-state index < -0.39 is 6.10 Å². The second-order valence-corrected chi connectivity index (χ2v) is 7.09. The van der Waals surface area contributed by atoms with Crippen molar-refractivity contribution in [2.45, 2.75) is 25.6 Å². The van der Waals surface area contributed by atoms with Crippen LogP contribution in [-0.4, -0.2) is 43.9 Å². The van der Waals surface area contributed by atoms with Gasteiger partial charge in [-0.3, -0.25) is 4.99 Å². The number of methoxy groups -OCH3 is 1. The van der Waals surface area contributed by atoms with Crippen LogP contribution in [0.2, 0.25) is 0 Å². The minimum atomic E-state index is -0.568. The minimum absolute atomic E-state index is 0. The first-order valence-electron chi connectivity index (χ1n) is 7.61. The quantitative estimate of drug-likeness (QED) is 0.350. The molecule has 2 aromatic rings. The number of nitrogens with zero attached hydrogens (tertiary/aromatic N) is 1. The topological polar surface area (TPSA) is 65.9 Å². The van der Waals surface area contributed by atoms with Crippen LogP contribution in [0.4, 0.5) is 0 Å². The van der Waals surface area contributed by atoms with Crippen molar-refractivity contribution in [1.82, 2.24) is 10.6 Å². The Morgan fingerprint density at radius 2 is 2.04 bits per heavy atom. The molecule has 3 N–H and O–H groups in total. The van der Waals surface area contributed by atoms with Crippen LogP contribution < -0.4 is 10.6 Å². The lowest BCUT2D eigenvalue weighted by Gasteiger charge is -2.24. The summed E-state index contributed by atoms with van der Waals surface area (Å²) >= 11 is 1.62. The minimum Gasteiger partial charge on any atom is -0.386 e. The summed E-state index contributed by atoms with van der Waals surface area (Å²) in [5.74, 6) is 0.648. The highest BCUT2D eigenvalue weighted by Gasteiger charge is 2.17. The highest BCUT2D eigenvalue weighted by molar-refractivity contribution is 14.0. The lowest BCUT2D eigenvalue weighted by molar-refractivity contribution is 0.0268. The van der Waals surface area contributed by atoms with Gasteiger partial charge in [0.05, 0.1) is 5.60 Å². The Balaban J connectivity index is 0.00000288. The number of ether oxygens (including phenoxy) is 1. The number of aliphatic hydroxyl groups excluding tert-OH is 1. The molecular weight excluding hydrogens is 437 g/mol. The molecule has 0 aliphatic rings. The highest BCUT2D eigenvalue weighted by atomic mass is 127. The van der Waals surface area contributed by atoms with Crippen LogP contribution in [0.3, 0.4) is 0 Å². The number of rotatable bonds is 6. The first-order valence-corrected chi connectivity index (χ1v) is 8.43. The third-order valence-corrected chi connectivity index (χ3v) is 4.91. The lowest BCUT2D eigenvalue weighted by atomic mass is 10.1. The van der Waals surface area contributed by atoms with Crippen molar-refractivity contribution in [3.8, 4) is 0 Å². The molecule has 1 unspecified atom stereocenters. The van der Waals surface area contributed by atoms with Gasteiger partial charge in [-0.25, -0.2) is 0 Å². The number of guanidine groups is 1. The zero-order valence-corrected chi connectivity index (χ0v) is 17.6. The second-order valence-electron chi connectivity index (χ2n) is 5.97. The predicted molar refractivity (Wildman–Crippen MR) is 113 cm³/mol. The molecule has 1 atom stereocenters.